The second kappa shape index (κ2) is 6.74. The fourth-order valence-electron chi connectivity index (χ4n) is 4.61. The summed E-state index contributed by atoms with van der Waals surface area (Å²) in [4.78, 5) is 13.6. The van der Waals surface area contributed by atoms with Crippen LogP contribution in [0.2, 0.25) is 0 Å². The summed E-state index contributed by atoms with van der Waals surface area (Å²) in [7, 11) is -1.83. The van der Waals surface area contributed by atoms with Crippen molar-refractivity contribution in [1.29, 1.82) is 0 Å². The first-order valence-corrected chi connectivity index (χ1v) is 11.3. The molecule has 1 saturated heterocycles. The standard InChI is InChI=1S/C21H23N5O2S/c1-25-13-18(23-15-25)29(27,28)26-11-5-9-21(14-26)10-8-17-12-22-20(24-19(17)21)16-6-3-2-4-7-16/h2-4,6-7,12-13,15H,5,8-11,14H2,1H3. The molecular weight excluding hydrogens is 386 g/mol. The molecule has 0 amide bonds. The third-order valence-electron chi connectivity index (χ3n) is 6.10. The van der Waals surface area contributed by atoms with Crippen molar-refractivity contribution in [3.63, 3.8) is 0 Å². The predicted octanol–water partition coefficient (Wildman–Crippen LogP) is 2.55. The first kappa shape index (κ1) is 18.4. The van der Waals surface area contributed by atoms with Crippen molar-refractivity contribution in [3.05, 3.63) is 60.3 Å². The van der Waals surface area contributed by atoms with Gasteiger partial charge in [0.25, 0.3) is 10.0 Å². The van der Waals surface area contributed by atoms with E-state index in [0.717, 1.165) is 42.5 Å². The highest BCUT2D eigenvalue weighted by Crippen LogP contribution is 2.45. The van der Waals surface area contributed by atoms with E-state index >= 15 is 0 Å². The van der Waals surface area contributed by atoms with Crippen molar-refractivity contribution in [3.8, 4) is 11.4 Å². The number of aryl methyl sites for hydroxylation is 2. The second-order valence-electron chi connectivity index (χ2n) is 8.03. The maximum Gasteiger partial charge on any atom is 0.262 e. The van der Waals surface area contributed by atoms with Crippen LogP contribution in [0.1, 0.15) is 30.5 Å². The van der Waals surface area contributed by atoms with E-state index in [4.69, 9.17) is 4.98 Å². The molecule has 7 nitrogen and oxygen atoms in total. The minimum atomic E-state index is -3.61. The van der Waals surface area contributed by atoms with Crippen LogP contribution in [0, 0.1) is 0 Å². The van der Waals surface area contributed by atoms with Gasteiger partial charge in [0.15, 0.2) is 10.9 Å². The van der Waals surface area contributed by atoms with Gasteiger partial charge >= 0.3 is 0 Å². The van der Waals surface area contributed by atoms with Crippen molar-refractivity contribution in [2.75, 3.05) is 13.1 Å². The maximum absolute atomic E-state index is 13.2. The average Bonchev–Trinajstić information content (AvgIpc) is 3.33. The summed E-state index contributed by atoms with van der Waals surface area (Å²) >= 11 is 0. The zero-order valence-electron chi connectivity index (χ0n) is 16.3. The molecule has 0 radical (unpaired) electrons. The summed E-state index contributed by atoms with van der Waals surface area (Å²) in [6.07, 6.45) is 8.57. The van der Waals surface area contributed by atoms with Gasteiger partial charge in [0, 0.05) is 43.5 Å². The van der Waals surface area contributed by atoms with Crippen LogP contribution in [0.25, 0.3) is 11.4 Å². The van der Waals surface area contributed by atoms with Crippen LogP contribution in [0.15, 0.2) is 54.1 Å². The summed E-state index contributed by atoms with van der Waals surface area (Å²) in [5.41, 5.74) is 2.89. The second-order valence-corrected chi connectivity index (χ2v) is 9.92. The maximum atomic E-state index is 13.2. The number of benzene rings is 1. The third-order valence-corrected chi connectivity index (χ3v) is 7.83. The molecule has 8 heteroatoms. The van der Waals surface area contributed by atoms with E-state index in [1.807, 2.05) is 36.5 Å². The summed E-state index contributed by atoms with van der Waals surface area (Å²) in [5.74, 6) is 0.704. The SMILES string of the molecule is Cn1cnc(S(=O)(=O)N2CCCC3(CCc4cnc(-c5ccccc5)nc43)C2)c1. The molecule has 2 aromatic heterocycles. The molecule has 1 fully saturated rings. The molecule has 0 N–H and O–H groups in total. The topological polar surface area (TPSA) is 81.0 Å². The van der Waals surface area contributed by atoms with E-state index in [1.165, 1.54) is 6.33 Å². The van der Waals surface area contributed by atoms with Gasteiger partial charge in [0.05, 0.1) is 12.0 Å². The van der Waals surface area contributed by atoms with Gasteiger partial charge < -0.3 is 4.57 Å². The van der Waals surface area contributed by atoms with Crippen LogP contribution < -0.4 is 0 Å². The number of rotatable bonds is 3. The molecule has 3 heterocycles. The van der Waals surface area contributed by atoms with E-state index in [1.54, 1.807) is 22.1 Å². The lowest BCUT2D eigenvalue weighted by Crippen LogP contribution is -2.48. The molecule has 1 unspecified atom stereocenters. The fourth-order valence-corrected chi connectivity index (χ4v) is 6.14. The van der Waals surface area contributed by atoms with Gasteiger partial charge in [-0.15, -0.1) is 0 Å². The van der Waals surface area contributed by atoms with Crippen molar-refractivity contribution in [2.45, 2.75) is 36.1 Å². The molecule has 3 aromatic rings. The third kappa shape index (κ3) is 3.07. The number of hydrogen-bond acceptors (Lipinski definition) is 5. The Morgan fingerprint density at radius 3 is 2.69 bits per heavy atom. The number of imidazole rings is 1. The first-order valence-electron chi connectivity index (χ1n) is 9.88. The molecule has 1 atom stereocenters. The smallest absolute Gasteiger partial charge is 0.262 e. The van der Waals surface area contributed by atoms with E-state index in [0.29, 0.717) is 18.9 Å². The Morgan fingerprint density at radius 1 is 1.10 bits per heavy atom. The summed E-state index contributed by atoms with van der Waals surface area (Å²) in [6, 6.07) is 9.93. The molecule has 1 aliphatic carbocycles. The van der Waals surface area contributed by atoms with E-state index < -0.39 is 10.0 Å². The Kier molecular flexibility index (Phi) is 4.29. The molecular formula is C21H23N5O2S. The van der Waals surface area contributed by atoms with Gasteiger partial charge in [-0.1, -0.05) is 30.3 Å². The van der Waals surface area contributed by atoms with Crippen LogP contribution in [-0.2, 0) is 28.9 Å². The molecule has 1 aliphatic heterocycles. The lowest BCUT2D eigenvalue weighted by Gasteiger charge is -2.39. The predicted molar refractivity (Wildman–Crippen MR) is 109 cm³/mol. The summed E-state index contributed by atoms with van der Waals surface area (Å²) < 4.78 is 29.6. The normalized spacial score (nSPS) is 22.1. The molecule has 5 rings (SSSR count). The van der Waals surface area contributed by atoms with Crippen LogP contribution in [0.5, 0.6) is 0 Å². The Bertz CT molecular complexity index is 1150. The lowest BCUT2D eigenvalue weighted by molar-refractivity contribution is 0.219. The monoisotopic (exact) mass is 409 g/mol. The molecule has 150 valence electrons. The minimum Gasteiger partial charge on any atom is -0.339 e. The van der Waals surface area contributed by atoms with Crippen LogP contribution >= 0.6 is 0 Å². The quantitative estimate of drug-likeness (QED) is 0.664. The number of piperidine rings is 1. The van der Waals surface area contributed by atoms with Crippen molar-refractivity contribution in [1.82, 2.24) is 23.8 Å². The molecule has 1 spiro atoms. The lowest BCUT2D eigenvalue weighted by atomic mass is 9.78. The molecule has 2 aliphatic rings. The highest BCUT2D eigenvalue weighted by atomic mass is 32.2. The molecule has 0 saturated carbocycles. The van der Waals surface area contributed by atoms with E-state index in [2.05, 4.69) is 9.97 Å². The molecule has 29 heavy (non-hydrogen) atoms. The average molecular weight is 410 g/mol. The van der Waals surface area contributed by atoms with Gasteiger partial charge in [0.2, 0.25) is 0 Å². The number of hydrogen-bond donors (Lipinski definition) is 0. The summed E-state index contributed by atoms with van der Waals surface area (Å²) in [6.45, 7) is 0.969. The number of aromatic nitrogens is 4. The zero-order valence-corrected chi connectivity index (χ0v) is 17.1. The first-order chi connectivity index (χ1) is 14.0. The number of sulfonamides is 1. The fraction of sp³-hybridized carbons (Fsp3) is 0.381. The van der Waals surface area contributed by atoms with Crippen LogP contribution in [-0.4, -0.2) is 45.3 Å². The largest absolute Gasteiger partial charge is 0.339 e. The van der Waals surface area contributed by atoms with Gasteiger partial charge in [-0.2, -0.15) is 4.31 Å². The van der Waals surface area contributed by atoms with Gasteiger partial charge in [-0.05, 0) is 31.2 Å². The molecule has 1 aromatic carbocycles. The van der Waals surface area contributed by atoms with Gasteiger partial charge in [-0.25, -0.2) is 23.4 Å². The number of fused-ring (bicyclic) bond motifs is 2. The Morgan fingerprint density at radius 2 is 1.93 bits per heavy atom. The minimum absolute atomic E-state index is 0.114. The molecule has 0 bridgehead atoms. The highest BCUT2D eigenvalue weighted by Gasteiger charge is 2.46. The zero-order chi connectivity index (χ0) is 20.1. The van der Waals surface area contributed by atoms with Crippen molar-refractivity contribution < 1.29 is 8.42 Å². The summed E-state index contributed by atoms with van der Waals surface area (Å²) in [5, 5.41) is 0.114. The Hall–Kier alpha value is -2.58. The van der Waals surface area contributed by atoms with Gasteiger partial charge in [-0.3, -0.25) is 0 Å². The van der Waals surface area contributed by atoms with E-state index in [9.17, 15) is 8.42 Å². The van der Waals surface area contributed by atoms with E-state index in [-0.39, 0.29) is 10.4 Å². The van der Waals surface area contributed by atoms with Crippen molar-refractivity contribution in [2.24, 2.45) is 7.05 Å². The highest BCUT2D eigenvalue weighted by molar-refractivity contribution is 7.89. The Labute approximate surface area is 170 Å². The van der Waals surface area contributed by atoms with Crippen LogP contribution in [0.3, 0.4) is 0 Å². The van der Waals surface area contributed by atoms with Crippen molar-refractivity contribution >= 4 is 10.0 Å². The van der Waals surface area contributed by atoms with Gasteiger partial charge in [0.1, 0.15) is 0 Å². The number of nitrogens with zero attached hydrogens (tertiary/aromatic N) is 5. The van der Waals surface area contributed by atoms with Crippen LogP contribution in [0.4, 0.5) is 0 Å². The Balaban J connectivity index is 1.51.